The van der Waals surface area contributed by atoms with Gasteiger partial charge in [0.1, 0.15) is 0 Å². The lowest BCUT2D eigenvalue weighted by Crippen LogP contribution is -2.53. The molecule has 2 fully saturated rings. The first-order chi connectivity index (χ1) is 9.57. The van der Waals surface area contributed by atoms with Crippen LogP contribution in [0.1, 0.15) is 39.0 Å². The number of carboxylic acids is 1. The Morgan fingerprint density at radius 2 is 2.25 bits per heavy atom. The number of carbonyl (C=O) groups excluding carboxylic acids is 1. The summed E-state index contributed by atoms with van der Waals surface area (Å²) in [7, 11) is 0. The van der Waals surface area contributed by atoms with Crippen LogP contribution in [-0.2, 0) is 4.79 Å². The van der Waals surface area contributed by atoms with E-state index in [1.54, 1.807) is 4.90 Å². The van der Waals surface area contributed by atoms with Crippen LogP contribution >= 0.6 is 11.8 Å². The molecule has 5 nitrogen and oxygen atoms in total. The number of nitrogens with one attached hydrogen (secondary N) is 1. The van der Waals surface area contributed by atoms with Crippen molar-refractivity contribution in [3.63, 3.8) is 0 Å². The highest BCUT2D eigenvalue weighted by molar-refractivity contribution is 8.00. The van der Waals surface area contributed by atoms with Gasteiger partial charge in [0.2, 0.25) is 0 Å². The molecule has 0 bridgehead atoms. The van der Waals surface area contributed by atoms with E-state index in [1.165, 1.54) is 18.6 Å². The van der Waals surface area contributed by atoms with Crippen molar-refractivity contribution in [2.75, 3.05) is 25.4 Å². The summed E-state index contributed by atoms with van der Waals surface area (Å²) in [6, 6.07) is -0.101. The second-order valence-electron chi connectivity index (χ2n) is 5.79. The highest BCUT2D eigenvalue weighted by atomic mass is 32.2. The van der Waals surface area contributed by atoms with Crippen LogP contribution in [-0.4, -0.2) is 52.6 Å². The molecule has 20 heavy (non-hydrogen) atoms. The third-order valence-electron chi connectivity index (χ3n) is 4.50. The molecule has 2 unspecified atom stereocenters. The zero-order valence-electron chi connectivity index (χ0n) is 12.1. The van der Waals surface area contributed by atoms with Gasteiger partial charge in [-0.2, -0.15) is 11.8 Å². The minimum atomic E-state index is -0.774. The van der Waals surface area contributed by atoms with Crippen LogP contribution in [0.25, 0.3) is 0 Å². The third-order valence-corrected chi connectivity index (χ3v) is 5.90. The van der Waals surface area contributed by atoms with Crippen LogP contribution in [0.4, 0.5) is 4.79 Å². The summed E-state index contributed by atoms with van der Waals surface area (Å²) in [5.74, 6) is 0.409. The summed E-state index contributed by atoms with van der Waals surface area (Å²) < 4.78 is 0. The first-order valence-corrected chi connectivity index (χ1v) is 8.50. The summed E-state index contributed by atoms with van der Waals surface area (Å²) >= 11 is 1.91. The first kappa shape index (κ1) is 15.5. The van der Waals surface area contributed by atoms with E-state index in [4.69, 9.17) is 0 Å². The molecule has 0 aromatic carbocycles. The number of carbonyl (C=O) groups is 2. The Hall–Kier alpha value is -0.910. The number of hydrogen-bond donors (Lipinski definition) is 2. The average molecular weight is 300 g/mol. The minimum absolute atomic E-state index is 0.101. The van der Waals surface area contributed by atoms with Crippen LogP contribution in [0, 0.1) is 5.41 Å². The molecular formula is C14H24N2O3S. The predicted octanol–water partition coefficient (Wildman–Crippen LogP) is 2.17. The monoisotopic (exact) mass is 300 g/mol. The molecule has 2 aliphatic heterocycles. The fourth-order valence-electron chi connectivity index (χ4n) is 3.04. The highest BCUT2D eigenvalue weighted by Crippen LogP contribution is 2.33. The lowest BCUT2D eigenvalue weighted by atomic mass is 9.78. The Morgan fingerprint density at radius 3 is 2.85 bits per heavy atom. The minimum Gasteiger partial charge on any atom is -0.481 e. The lowest BCUT2D eigenvalue weighted by Gasteiger charge is -2.39. The summed E-state index contributed by atoms with van der Waals surface area (Å²) in [6.07, 6.45) is 4.41. The van der Waals surface area contributed by atoms with E-state index >= 15 is 0 Å². The number of urea groups is 1. The van der Waals surface area contributed by atoms with Gasteiger partial charge in [-0.1, -0.05) is 6.92 Å². The van der Waals surface area contributed by atoms with E-state index < -0.39 is 11.4 Å². The molecule has 114 valence electrons. The molecule has 2 N–H and O–H groups in total. The van der Waals surface area contributed by atoms with Gasteiger partial charge in [0.05, 0.1) is 5.41 Å². The van der Waals surface area contributed by atoms with Gasteiger partial charge in [-0.05, 0) is 37.9 Å². The number of nitrogens with zero attached hydrogens (tertiary/aromatic N) is 1. The molecule has 2 heterocycles. The van der Waals surface area contributed by atoms with Crippen LogP contribution in [0.2, 0.25) is 0 Å². The molecule has 2 amide bonds. The summed E-state index contributed by atoms with van der Waals surface area (Å²) in [5.41, 5.74) is -0.752. The second kappa shape index (κ2) is 6.70. The maximum Gasteiger partial charge on any atom is 0.317 e. The van der Waals surface area contributed by atoms with Gasteiger partial charge in [-0.3, -0.25) is 4.79 Å². The quantitative estimate of drug-likeness (QED) is 0.835. The second-order valence-corrected chi connectivity index (χ2v) is 7.19. The molecule has 0 saturated carbocycles. The van der Waals surface area contributed by atoms with E-state index in [0.717, 1.165) is 6.42 Å². The number of amides is 2. The van der Waals surface area contributed by atoms with E-state index in [-0.39, 0.29) is 6.03 Å². The number of carboxylic acid groups (broad SMARTS) is 1. The zero-order chi connectivity index (χ0) is 14.6. The van der Waals surface area contributed by atoms with Crippen molar-refractivity contribution in [2.24, 2.45) is 5.41 Å². The largest absolute Gasteiger partial charge is 0.481 e. The topological polar surface area (TPSA) is 69.6 Å². The van der Waals surface area contributed by atoms with E-state index in [2.05, 4.69) is 5.32 Å². The average Bonchev–Trinajstić information content (AvgIpc) is 2.97. The number of piperidine rings is 1. The van der Waals surface area contributed by atoms with E-state index in [1.807, 2.05) is 18.7 Å². The molecule has 2 saturated heterocycles. The zero-order valence-corrected chi connectivity index (χ0v) is 12.9. The van der Waals surface area contributed by atoms with Crippen LogP contribution in [0.3, 0.4) is 0 Å². The Balaban J connectivity index is 1.87. The van der Waals surface area contributed by atoms with Crippen molar-refractivity contribution in [1.29, 1.82) is 0 Å². The summed E-state index contributed by atoms with van der Waals surface area (Å²) in [4.78, 5) is 25.4. The fraction of sp³-hybridized carbons (Fsp3) is 0.857. The third kappa shape index (κ3) is 3.40. The van der Waals surface area contributed by atoms with Crippen molar-refractivity contribution in [2.45, 2.75) is 44.3 Å². The Kier molecular flexibility index (Phi) is 5.18. The Bertz CT molecular complexity index is 371. The maximum absolute atomic E-state index is 12.2. The molecule has 0 aromatic rings. The molecule has 0 radical (unpaired) electrons. The number of thioether (sulfide) groups is 1. The Labute approximate surface area is 124 Å². The number of likely N-dealkylation sites (tertiary alicyclic amines) is 1. The molecular weight excluding hydrogens is 276 g/mol. The molecule has 2 aliphatic rings. The van der Waals surface area contributed by atoms with Gasteiger partial charge in [-0.25, -0.2) is 4.79 Å². The van der Waals surface area contributed by atoms with Gasteiger partial charge < -0.3 is 15.3 Å². The van der Waals surface area contributed by atoms with Crippen LogP contribution < -0.4 is 5.32 Å². The fourth-order valence-corrected chi connectivity index (χ4v) is 4.24. The summed E-state index contributed by atoms with van der Waals surface area (Å²) in [6.45, 7) is 3.60. The van der Waals surface area contributed by atoms with Gasteiger partial charge >= 0.3 is 12.0 Å². The van der Waals surface area contributed by atoms with Gasteiger partial charge in [0, 0.05) is 24.9 Å². The molecule has 0 aromatic heterocycles. The standard InChI is InChI=1S/C14H24N2O3S/c1-2-14(12(17)18)6-4-7-16(10-14)13(19)15-9-11-5-3-8-20-11/h11H,2-10H2,1H3,(H,15,19)(H,17,18). The van der Waals surface area contributed by atoms with Gasteiger partial charge in [0.25, 0.3) is 0 Å². The smallest absolute Gasteiger partial charge is 0.317 e. The van der Waals surface area contributed by atoms with E-state index in [0.29, 0.717) is 37.7 Å². The van der Waals surface area contributed by atoms with Crippen LogP contribution in [0.5, 0.6) is 0 Å². The molecule has 6 heteroatoms. The Morgan fingerprint density at radius 1 is 1.45 bits per heavy atom. The van der Waals surface area contributed by atoms with Crippen molar-refractivity contribution in [3.8, 4) is 0 Å². The molecule has 0 spiro atoms. The number of hydrogen-bond acceptors (Lipinski definition) is 3. The van der Waals surface area contributed by atoms with Crippen molar-refractivity contribution in [3.05, 3.63) is 0 Å². The maximum atomic E-state index is 12.2. The highest BCUT2D eigenvalue weighted by Gasteiger charge is 2.42. The molecule has 2 atom stereocenters. The van der Waals surface area contributed by atoms with Crippen molar-refractivity contribution < 1.29 is 14.7 Å². The van der Waals surface area contributed by atoms with Crippen molar-refractivity contribution in [1.82, 2.24) is 10.2 Å². The van der Waals surface area contributed by atoms with Crippen molar-refractivity contribution >= 4 is 23.8 Å². The number of aliphatic carboxylic acids is 1. The van der Waals surface area contributed by atoms with Gasteiger partial charge in [0.15, 0.2) is 0 Å². The molecule has 2 rings (SSSR count). The molecule has 0 aliphatic carbocycles. The normalized spacial score (nSPS) is 30.2. The summed E-state index contributed by atoms with van der Waals surface area (Å²) in [5, 5.41) is 12.9. The first-order valence-electron chi connectivity index (χ1n) is 7.45. The SMILES string of the molecule is CCC1(C(=O)O)CCCN(C(=O)NCC2CCCS2)C1. The lowest BCUT2D eigenvalue weighted by molar-refractivity contribution is -0.152. The van der Waals surface area contributed by atoms with Gasteiger partial charge in [-0.15, -0.1) is 0 Å². The predicted molar refractivity (Wildman–Crippen MR) is 80.0 cm³/mol. The van der Waals surface area contributed by atoms with E-state index in [9.17, 15) is 14.7 Å². The van der Waals surface area contributed by atoms with Crippen LogP contribution in [0.15, 0.2) is 0 Å². The number of rotatable bonds is 4.